The van der Waals surface area contributed by atoms with Gasteiger partial charge in [-0.25, -0.2) is 4.39 Å². The molecule has 1 heterocycles. The van der Waals surface area contributed by atoms with Crippen LogP contribution in [0.3, 0.4) is 0 Å². The third-order valence-electron chi connectivity index (χ3n) is 2.89. The second kappa shape index (κ2) is 5.14. The monoisotopic (exact) mass is 263 g/mol. The van der Waals surface area contributed by atoms with Gasteiger partial charge in [0.05, 0.1) is 0 Å². The third-order valence-corrected chi connectivity index (χ3v) is 2.89. The number of rotatable bonds is 2. The average Bonchev–Trinajstić information content (AvgIpc) is 2.31. The molecule has 18 heavy (non-hydrogen) atoms. The molecule has 2 rings (SSSR count). The van der Waals surface area contributed by atoms with Crippen LogP contribution >= 0.6 is 0 Å². The highest BCUT2D eigenvalue weighted by atomic mass is 19.4. The summed E-state index contributed by atoms with van der Waals surface area (Å²) in [6.07, 6.45) is -2.11. The second-order valence-electron chi connectivity index (χ2n) is 4.23. The molecule has 0 radical (unpaired) electrons. The molecule has 6 heteroatoms. The molecule has 0 spiro atoms. The summed E-state index contributed by atoms with van der Waals surface area (Å²) in [5.41, 5.74) is 0.233. The Morgan fingerprint density at radius 3 is 2.61 bits per heavy atom. The molecule has 1 aliphatic rings. The standard InChI is InChI=1S/C12H13F4NO/c13-10-5-4-8(18-12(14,15)16)7-9(10)11-3-1-2-6-17-11/h4-5,7,11,17H,1-3,6H2/t11-/m0/s1. The third kappa shape index (κ3) is 3.35. The summed E-state index contributed by atoms with van der Waals surface area (Å²) < 4.78 is 53.7. The van der Waals surface area contributed by atoms with Crippen LogP contribution in [-0.2, 0) is 0 Å². The van der Waals surface area contributed by atoms with Crippen molar-refractivity contribution in [3.8, 4) is 5.75 Å². The largest absolute Gasteiger partial charge is 0.573 e. The fraction of sp³-hybridized carbons (Fsp3) is 0.500. The van der Waals surface area contributed by atoms with Crippen molar-refractivity contribution >= 4 is 0 Å². The van der Waals surface area contributed by atoms with Crippen molar-refractivity contribution in [3.63, 3.8) is 0 Å². The Morgan fingerprint density at radius 2 is 2.00 bits per heavy atom. The molecule has 1 atom stereocenters. The van der Waals surface area contributed by atoms with Crippen LogP contribution < -0.4 is 10.1 Å². The smallest absolute Gasteiger partial charge is 0.406 e. The minimum atomic E-state index is -4.75. The summed E-state index contributed by atoms with van der Waals surface area (Å²) in [6, 6.07) is 2.86. The van der Waals surface area contributed by atoms with Crippen molar-refractivity contribution in [2.75, 3.05) is 6.54 Å². The van der Waals surface area contributed by atoms with E-state index in [0.717, 1.165) is 37.6 Å². The molecule has 1 aliphatic heterocycles. The van der Waals surface area contributed by atoms with Crippen molar-refractivity contribution in [2.45, 2.75) is 31.7 Å². The van der Waals surface area contributed by atoms with Crippen LogP contribution in [-0.4, -0.2) is 12.9 Å². The number of hydrogen-bond acceptors (Lipinski definition) is 2. The SMILES string of the molecule is Fc1ccc(OC(F)(F)F)cc1[C@@H]1CCCCN1. The molecule has 1 N–H and O–H groups in total. The molecule has 1 aromatic rings. The number of benzene rings is 1. The zero-order chi connectivity index (χ0) is 13.2. The van der Waals surface area contributed by atoms with E-state index < -0.39 is 12.2 Å². The summed E-state index contributed by atoms with van der Waals surface area (Å²) in [5, 5.41) is 3.09. The molecule has 100 valence electrons. The van der Waals surface area contributed by atoms with Gasteiger partial charge in [0.2, 0.25) is 0 Å². The maximum atomic E-state index is 13.6. The first-order valence-electron chi connectivity index (χ1n) is 5.74. The van der Waals surface area contributed by atoms with E-state index in [4.69, 9.17) is 0 Å². The molecule has 1 saturated heterocycles. The quantitative estimate of drug-likeness (QED) is 0.824. The zero-order valence-electron chi connectivity index (χ0n) is 9.56. The molecular weight excluding hydrogens is 250 g/mol. The van der Waals surface area contributed by atoms with Crippen molar-refractivity contribution in [1.29, 1.82) is 0 Å². The van der Waals surface area contributed by atoms with E-state index in [1.807, 2.05) is 0 Å². The van der Waals surface area contributed by atoms with E-state index in [1.165, 1.54) is 0 Å². The molecule has 0 bridgehead atoms. The van der Waals surface area contributed by atoms with Crippen LogP contribution in [0.5, 0.6) is 5.75 Å². The van der Waals surface area contributed by atoms with E-state index >= 15 is 0 Å². The number of ether oxygens (including phenoxy) is 1. The molecule has 0 aliphatic carbocycles. The highest BCUT2D eigenvalue weighted by Gasteiger charge is 2.31. The van der Waals surface area contributed by atoms with Gasteiger partial charge < -0.3 is 10.1 Å². The molecule has 0 amide bonds. The Morgan fingerprint density at radius 1 is 1.22 bits per heavy atom. The molecule has 1 fully saturated rings. The lowest BCUT2D eigenvalue weighted by Crippen LogP contribution is -2.27. The van der Waals surface area contributed by atoms with Gasteiger partial charge in [-0.2, -0.15) is 0 Å². The highest BCUT2D eigenvalue weighted by Crippen LogP contribution is 2.30. The van der Waals surface area contributed by atoms with Gasteiger partial charge in [0.15, 0.2) is 0 Å². The minimum Gasteiger partial charge on any atom is -0.406 e. The van der Waals surface area contributed by atoms with E-state index in [0.29, 0.717) is 6.42 Å². The van der Waals surface area contributed by atoms with Crippen molar-refractivity contribution < 1.29 is 22.3 Å². The van der Waals surface area contributed by atoms with Crippen LogP contribution in [0.4, 0.5) is 17.6 Å². The van der Waals surface area contributed by atoms with E-state index in [1.54, 1.807) is 0 Å². The van der Waals surface area contributed by atoms with Crippen molar-refractivity contribution in [1.82, 2.24) is 5.32 Å². The number of alkyl halides is 3. The van der Waals surface area contributed by atoms with Gasteiger partial charge in [-0.15, -0.1) is 13.2 Å². The second-order valence-corrected chi connectivity index (χ2v) is 4.23. The Balaban J connectivity index is 2.20. The first kappa shape index (κ1) is 13.1. The predicted molar refractivity (Wildman–Crippen MR) is 57.7 cm³/mol. The summed E-state index contributed by atoms with van der Waals surface area (Å²) in [4.78, 5) is 0. The molecule has 0 unspecified atom stereocenters. The lowest BCUT2D eigenvalue weighted by Gasteiger charge is -2.24. The van der Waals surface area contributed by atoms with Crippen LogP contribution in [0.1, 0.15) is 30.9 Å². The van der Waals surface area contributed by atoms with Gasteiger partial charge in [-0.1, -0.05) is 6.42 Å². The fourth-order valence-corrected chi connectivity index (χ4v) is 2.10. The summed E-state index contributed by atoms with van der Waals surface area (Å²) in [6.45, 7) is 0.745. The Kier molecular flexibility index (Phi) is 3.75. The van der Waals surface area contributed by atoms with E-state index in [-0.39, 0.29) is 17.4 Å². The van der Waals surface area contributed by atoms with Gasteiger partial charge in [0.25, 0.3) is 0 Å². The molecule has 1 aromatic carbocycles. The van der Waals surface area contributed by atoms with Crippen molar-refractivity contribution in [2.24, 2.45) is 0 Å². The Labute approximate surface area is 102 Å². The normalized spacial score (nSPS) is 20.8. The lowest BCUT2D eigenvalue weighted by molar-refractivity contribution is -0.274. The van der Waals surface area contributed by atoms with Gasteiger partial charge in [-0.05, 0) is 37.6 Å². The number of halogens is 4. The molecular formula is C12H13F4NO. The first-order chi connectivity index (χ1) is 8.46. The zero-order valence-corrected chi connectivity index (χ0v) is 9.56. The average molecular weight is 263 g/mol. The molecule has 0 saturated carbocycles. The van der Waals surface area contributed by atoms with E-state index in [9.17, 15) is 17.6 Å². The van der Waals surface area contributed by atoms with Gasteiger partial charge in [0, 0.05) is 11.6 Å². The van der Waals surface area contributed by atoms with Gasteiger partial charge in [0.1, 0.15) is 11.6 Å². The maximum Gasteiger partial charge on any atom is 0.573 e. The van der Waals surface area contributed by atoms with Gasteiger partial charge in [-0.3, -0.25) is 0 Å². The summed E-state index contributed by atoms with van der Waals surface area (Å²) in [7, 11) is 0. The van der Waals surface area contributed by atoms with Crippen LogP contribution in [0.2, 0.25) is 0 Å². The number of nitrogens with one attached hydrogen (secondary N) is 1. The van der Waals surface area contributed by atoms with Crippen LogP contribution in [0, 0.1) is 5.82 Å². The molecule has 2 nitrogen and oxygen atoms in total. The minimum absolute atomic E-state index is 0.233. The predicted octanol–water partition coefficient (Wildman–Crippen LogP) is 3.54. The van der Waals surface area contributed by atoms with Crippen LogP contribution in [0.25, 0.3) is 0 Å². The van der Waals surface area contributed by atoms with E-state index in [2.05, 4.69) is 10.1 Å². The first-order valence-corrected chi connectivity index (χ1v) is 5.74. The topological polar surface area (TPSA) is 21.3 Å². The summed E-state index contributed by atoms with van der Waals surface area (Å²) in [5.74, 6) is -0.893. The lowest BCUT2D eigenvalue weighted by atomic mass is 9.97. The number of hydrogen-bond donors (Lipinski definition) is 1. The number of piperidine rings is 1. The molecule has 0 aromatic heterocycles. The van der Waals surface area contributed by atoms with Gasteiger partial charge >= 0.3 is 6.36 Å². The van der Waals surface area contributed by atoms with Crippen LogP contribution in [0.15, 0.2) is 18.2 Å². The Hall–Kier alpha value is -1.30. The highest BCUT2D eigenvalue weighted by molar-refractivity contribution is 5.32. The maximum absolute atomic E-state index is 13.6. The van der Waals surface area contributed by atoms with Crippen molar-refractivity contribution in [3.05, 3.63) is 29.6 Å². The summed E-state index contributed by atoms with van der Waals surface area (Å²) >= 11 is 0. The fourth-order valence-electron chi connectivity index (χ4n) is 2.10. The Bertz CT molecular complexity index is 413.